The Hall–Kier alpha value is -3.14. The molecule has 4 N–H and O–H groups in total. The molecule has 32 heavy (non-hydrogen) atoms. The van der Waals surface area contributed by atoms with Gasteiger partial charge in [-0.25, -0.2) is 8.42 Å². The number of carbonyl (C=O) groups is 1. The maximum Gasteiger partial charge on any atom is 0.229 e. The summed E-state index contributed by atoms with van der Waals surface area (Å²) in [6.45, 7) is 3.18. The minimum absolute atomic E-state index is 0.299. The standard InChI is InChI=1S/C23H27N3O5S/c1-16-20(7-4-11-27)21-9-8-19(14-22(21)25-16)31-12-10-24-15-23(28)17-5-3-6-18(13-17)26-32(2,29)30/h3-9,11,13-14,23-26,28H,10,12,15H2,1-2H3/t23-/m0/s1. The number of H-pyrrole nitrogens is 1. The van der Waals surface area contributed by atoms with E-state index in [0.29, 0.717) is 36.7 Å². The van der Waals surface area contributed by atoms with E-state index >= 15 is 0 Å². The Bertz CT molecular complexity index is 1220. The van der Waals surface area contributed by atoms with Crippen molar-refractivity contribution in [2.75, 3.05) is 30.7 Å². The van der Waals surface area contributed by atoms with Gasteiger partial charge in [0.05, 0.1) is 12.4 Å². The molecule has 0 amide bonds. The van der Waals surface area contributed by atoms with Crippen LogP contribution in [0.25, 0.3) is 17.0 Å². The highest BCUT2D eigenvalue weighted by atomic mass is 32.2. The van der Waals surface area contributed by atoms with Crippen LogP contribution < -0.4 is 14.8 Å². The molecule has 1 atom stereocenters. The third-order valence-electron chi connectivity index (χ3n) is 4.81. The minimum Gasteiger partial charge on any atom is -0.492 e. The molecule has 9 heteroatoms. The number of ether oxygens (including phenoxy) is 1. The molecule has 1 heterocycles. The molecule has 0 aliphatic rings. The summed E-state index contributed by atoms with van der Waals surface area (Å²) in [4.78, 5) is 13.9. The second-order valence-corrected chi connectivity index (χ2v) is 9.18. The van der Waals surface area contributed by atoms with Crippen LogP contribution in [0.2, 0.25) is 0 Å². The predicted molar refractivity (Wildman–Crippen MR) is 126 cm³/mol. The van der Waals surface area contributed by atoms with Crippen molar-refractivity contribution in [2.45, 2.75) is 13.0 Å². The van der Waals surface area contributed by atoms with Crippen molar-refractivity contribution in [1.82, 2.24) is 10.3 Å². The van der Waals surface area contributed by atoms with E-state index < -0.39 is 16.1 Å². The zero-order valence-corrected chi connectivity index (χ0v) is 18.8. The average molecular weight is 458 g/mol. The first kappa shape index (κ1) is 23.5. The van der Waals surface area contributed by atoms with E-state index in [0.717, 1.165) is 34.7 Å². The summed E-state index contributed by atoms with van der Waals surface area (Å²) < 4.78 is 30.9. The van der Waals surface area contributed by atoms with E-state index in [2.05, 4.69) is 15.0 Å². The van der Waals surface area contributed by atoms with Crippen LogP contribution >= 0.6 is 0 Å². The molecule has 1 aromatic heterocycles. The lowest BCUT2D eigenvalue weighted by Gasteiger charge is -2.14. The molecule has 0 saturated carbocycles. The van der Waals surface area contributed by atoms with Crippen molar-refractivity contribution in [1.29, 1.82) is 0 Å². The van der Waals surface area contributed by atoms with Crippen LogP contribution in [0.1, 0.15) is 22.9 Å². The summed E-state index contributed by atoms with van der Waals surface area (Å²) in [6, 6.07) is 12.4. The molecule has 0 radical (unpaired) electrons. The lowest BCUT2D eigenvalue weighted by Crippen LogP contribution is -2.26. The third kappa shape index (κ3) is 6.43. The SMILES string of the molecule is Cc1[nH]c2cc(OCCNC[C@H](O)c3cccc(NS(C)(=O)=O)c3)ccc2c1C=CC=O. The number of hydrogen-bond acceptors (Lipinski definition) is 6. The van der Waals surface area contributed by atoms with Gasteiger partial charge in [-0.05, 0) is 48.9 Å². The molecule has 0 unspecified atom stereocenters. The van der Waals surface area contributed by atoms with Gasteiger partial charge in [0.15, 0.2) is 0 Å². The topological polar surface area (TPSA) is 121 Å². The van der Waals surface area contributed by atoms with Gasteiger partial charge in [-0.1, -0.05) is 12.1 Å². The lowest BCUT2D eigenvalue weighted by molar-refractivity contribution is -0.104. The van der Waals surface area contributed by atoms with Gasteiger partial charge in [-0.3, -0.25) is 9.52 Å². The van der Waals surface area contributed by atoms with Gasteiger partial charge < -0.3 is 20.1 Å². The highest BCUT2D eigenvalue weighted by Gasteiger charge is 2.10. The Kier molecular flexibility index (Phi) is 7.68. The molecule has 0 spiro atoms. The highest BCUT2D eigenvalue weighted by molar-refractivity contribution is 7.92. The van der Waals surface area contributed by atoms with Gasteiger partial charge in [-0.2, -0.15) is 0 Å². The highest BCUT2D eigenvalue weighted by Crippen LogP contribution is 2.27. The summed E-state index contributed by atoms with van der Waals surface area (Å²) in [5.74, 6) is 0.714. The Balaban J connectivity index is 1.49. The van der Waals surface area contributed by atoms with E-state index in [-0.39, 0.29) is 0 Å². The molecular weight excluding hydrogens is 430 g/mol. The Morgan fingerprint density at radius 3 is 2.78 bits per heavy atom. The first-order valence-corrected chi connectivity index (χ1v) is 12.0. The zero-order chi connectivity index (χ0) is 23.1. The fraction of sp³-hybridized carbons (Fsp3) is 0.261. The maximum absolute atomic E-state index is 11.4. The number of benzene rings is 2. The van der Waals surface area contributed by atoms with Crippen molar-refractivity contribution in [3.05, 3.63) is 65.4 Å². The van der Waals surface area contributed by atoms with Crippen LogP contribution in [0.4, 0.5) is 5.69 Å². The molecular formula is C23H27N3O5S. The summed E-state index contributed by atoms with van der Waals surface area (Å²) >= 11 is 0. The molecule has 0 aliphatic heterocycles. The number of aliphatic hydroxyl groups excluding tert-OH is 1. The van der Waals surface area contributed by atoms with E-state index in [1.807, 2.05) is 25.1 Å². The summed E-state index contributed by atoms with van der Waals surface area (Å²) in [5.41, 5.74) is 3.90. The second kappa shape index (κ2) is 10.4. The first-order valence-electron chi connectivity index (χ1n) is 10.1. The number of aryl methyl sites for hydroxylation is 1. The van der Waals surface area contributed by atoms with Crippen molar-refractivity contribution >= 4 is 39.0 Å². The van der Waals surface area contributed by atoms with E-state index in [9.17, 15) is 18.3 Å². The second-order valence-electron chi connectivity index (χ2n) is 7.43. The van der Waals surface area contributed by atoms with Gasteiger partial charge in [0.25, 0.3) is 0 Å². The molecule has 8 nitrogen and oxygen atoms in total. The van der Waals surface area contributed by atoms with Gasteiger partial charge in [0.2, 0.25) is 10.0 Å². The molecule has 0 aliphatic carbocycles. The largest absolute Gasteiger partial charge is 0.492 e. The van der Waals surface area contributed by atoms with E-state index in [1.165, 1.54) is 6.08 Å². The van der Waals surface area contributed by atoms with Crippen LogP contribution in [0.3, 0.4) is 0 Å². The van der Waals surface area contributed by atoms with Crippen LogP contribution in [0.5, 0.6) is 5.75 Å². The zero-order valence-electron chi connectivity index (χ0n) is 18.0. The number of allylic oxidation sites excluding steroid dienone is 1. The summed E-state index contributed by atoms with van der Waals surface area (Å²) in [6.07, 6.45) is 4.30. The number of aromatic amines is 1. The monoisotopic (exact) mass is 457 g/mol. The number of fused-ring (bicyclic) bond motifs is 1. The van der Waals surface area contributed by atoms with E-state index in [1.54, 1.807) is 30.3 Å². The number of anilines is 1. The van der Waals surface area contributed by atoms with Crippen molar-refractivity contribution < 1.29 is 23.1 Å². The minimum atomic E-state index is -3.37. The summed E-state index contributed by atoms with van der Waals surface area (Å²) in [5, 5.41) is 14.5. The van der Waals surface area contributed by atoms with Crippen molar-refractivity contribution in [3.8, 4) is 5.75 Å². The third-order valence-corrected chi connectivity index (χ3v) is 5.42. The number of hydrogen-bond donors (Lipinski definition) is 4. The number of sulfonamides is 1. The quantitative estimate of drug-likeness (QED) is 0.200. The summed E-state index contributed by atoms with van der Waals surface area (Å²) in [7, 11) is -3.37. The average Bonchev–Trinajstić information content (AvgIpc) is 3.05. The van der Waals surface area contributed by atoms with Crippen LogP contribution in [0, 0.1) is 6.92 Å². The normalized spacial score (nSPS) is 12.8. The Morgan fingerprint density at radius 2 is 2.03 bits per heavy atom. The fourth-order valence-electron chi connectivity index (χ4n) is 3.39. The Labute approximate surface area is 187 Å². The molecule has 0 fully saturated rings. The van der Waals surface area contributed by atoms with Gasteiger partial charge >= 0.3 is 0 Å². The number of aldehydes is 1. The van der Waals surface area contributed by atoms with Gasteiger partial charge in [0, 0.05) is 47.0 Å². The Morgan fingerprint density at radius 1 is 1.22 bits per heavy atom. The smallest absolute Gasteiger partial charge is 0.229 e. The molecule has 0 bridgehead atoms. The molecule has 3 rings (SSSR count). The van der Waals surface area contributed by atoms with Crippen molar-refractivity contribution in [3.63, 3.8) is 0 Å². The number of aromatic nitrogens is 1. The van der Waals surface area contributed by atoms with Crippen LogP contribution in [0.15, 0.2) is 48.5 Å². The first-order chi connectivity index (χ1) is 15.3. The van der Waals surface area contributed by atoms with Crippen LogP contribution in [-0.4, -0.2) is 50.7 Å². The van der Waals surface area contributed by atoms with Gasteiger partial charge in [0.1, 0.15) is 18.6 Å². The number of aliphatic hydroxyl groups is 1. The predicted octanol–water partition coefficient (Wildman–Crippen LogP) is 2.76. The lowest BCUT2D eigenvalue weighted by atomic mass is 10.1. The van der Waals surface area contributed by atoms with Crippen molar-refractivity contribution in [2.24, 2.45) is 0 Å². The molecule has 3 aromatic rings. The molecule has 2 aromatic carbocycles. The van der Waals surface area contributed by atoms with E-state index in [4.69, 9.17) is 4.74 Å². The molecule has 170 valence electrons. The number of carbonyl (C=O) groups excluding carboxylic acids is 1. The molecule has 0 saturated heterocycles. The maximum atomic E-state index is 11.4. The number of nitrogens with one attached hydrogen (secondary N) is 3. The fourth-order valence-corrected chi connectivity index (χ4v) is 3.95. The van der Waals surface area contributed by atoms with Crippen LogP contribution in [-0.2, 0) is 14.8 Å². The number of rotatable bonds is 11. The van der Waals surface area contributed by atoms with Gasteiger partial charge in [-0.15, -0.1) is 0 Å².